The molecule has 0 bridgehead atoms. The van der Waals surface area contributed by atoms with E-state index in [-0.39, 0.29) is 17.9 Å². The van der Waals surface area contributed by atoms with Gasteiger partial charge in [0.15, 0.2) is 5.75 Å². The van der Waals surface area contributed by atoms with Gasteiger partial charge in [0.05, 0.1) is 25.4 Å². The van der Waals surface area contributed by atoms with Gasteiger partial charge in [-0.25, -0.2) is 9.97 Å². The first-order chi connectivity index (χ1) is 14.4. The molecule has 0 spiro atoms. The zero-order chi connectivity index (χ0) is 21.4. The summed E-state index contributed by atoms with van der Waals surface area (Å²) in [7, 11) is 5.11. The van der Waals surface area contributed by atoms with Gasteiger partial charge in [0.2, 0.25) is 5.91 Å². The van der Waals surface area contributed by atoms with E-state index in [4.69, 9.17) is 14.2 Å². The summed E-state index contributed by atoms with van der Waals surface area (Å²) < 4.78 is 19.0. The van der Waals surface area contributed by atoms with E-state index in [0.29, 0.717) is 30.3 Å². The Bertz CT molecular complexity index is 1110. The second-order valence-electron chi connectivity index (χ2n) is 7.56. The second-order valence-corrected chi connectivity index (χ2v) is 7.56. The third kappa shape index (κ3) is 3.53. The van der Waals surface area contributed by atoms with E-state index in [9.17, 15) is 4.79 Å². The molecule has 1 aliphatic heterocycles. The van der Waals surface area contributed by atoms with Crippen molar-refractivity contribution in [1.82, 2.24) is 19.9 Å². The van der Waals surface area contributed by atoms with Crippen LogP contribution in [0.25, 0.3) is 22.3 Å². The lowest BCUT2D eigenvalue weighted by Crippen LogP contribution is -2.25. The zero-order valence-electron chi connectivity index (χ0n) is 17.9. The van der Waals surface area contributed by atoms with Crippen molar-refractivity contribution in [3.8, 4) is 28.6 Å². The van der Waals surface area contributed by atoms with Gasteiger partial charge in [0.25, 0.3) is 5.88 Å². The highest BCUT2D eigenvalue weighted by molar-refractivity contribution is 5.88. The Morgan fingerprint density at radius 1 is 1.17 bits per heavy atom. The number of aromatic nitrogens is 3. The van der Waals surface area contributed by atoms with E-state index in [2.05, 4.69) is 15.3 Å². The number of hydrogen-bond donors (Lipinski definition) is 1. The number of amides is 1. The van der Waals surface area contributed by atoms with Crippen molar-refractivity contribution in [2.75, 3.05) is 20.8 Å². The van der Waals surface area contributed by atoms with Crippen molar-refractivity contribution in [2.45, 2.75) is 26.4 Å². The Kier molecular flexibility index (Phi) is 5.24. The molecule has 3 heterocycles. The standard InChI is InChI=1S/C22H26N4O4/c1-12(15-10-20(27)23-11-15)30-19-9-14(8-17-21(19)26(3)13(2)24-17)16-6-7-18(28-4)22(25-16)29-5/h6-9,12,15H,10-11H2,1-5H3,(H,23,27). The monoisotopic (exact) mass is 410 g/mol. The summed E-state index contributed by atoms with van der Waals surface area (Å²) in [5.74, 6) is 2.79. The number of benzene rings is 1. The summed E-state index contributed by atoms with van der Waals surface area (Å²) in [6, 6.07) is 7.67. The normalized spacial score (nSPS) is 17.1. The molecule has 0 saturated carbocycles. The molecule has 1 fully saturated rings. The van der Waals surface area contributed by atoms with Crippen LogP contribution in [0.5, 0.6) is 17.4 Å². The Morgan fingerprint density at radius 2 is 1.97 bits per heavy atom. The lowest BCUT2D eigenvalue weighted by molar-refractivity contribution is -0.119. The molecule has 2 atom stereocenters. The number of pyridine rings is 1. The number of imidazole rings is 1. The van der Waals surface area contributed by atoms with Crippen LogP contribution < -0.4 is 19.5 Å². The Morgan fingerprint density at radius 3 is 2.63 bits per heavy atom. The maximum atomic E-state index is 11.6. The van der Waals surface area contributed by atoms with Gasteiger partial charge in [-0.3, -0.25) is 4.79 Å². The quantitative estimate of drug-likeness (QED) is 0.672. The fourth-order valence-corrected chi connectivity index (χ4v) is 3.81. The van der Waals surface area contributed by atoms with Gasteiger partial charge < -0.3 is 24.1 Å². The van der Waals surface area contributed by atoms with Crippen molar-refractivity contribution in [2.24, 2.45) is 13.0 Å². The van der Waals surface area contributed by atoms with Crippen LogP contribution in [-0.2, 0) is 11.8 Å². The first-order valence-electron chi connectivity index (χ1n) is 9.91. The summed E-state index contributed by atoms with van der Waals surface area (Å²) in [6.07, 6.45) is 0.349. The van der Waals surface area contributed by atoms with E-state index < -0.39 is 0 Å². The molecule has 158 valence electrons. The van der Waals surface area contributed by atoms with Gasteiger partial charge in [-0.15, -0.1) is 0 Å². The fraction of sp³-hybridized carbons (Fsp3) is 0.409. The minimum Gasteiger partial charge on any atom is -0.491 e. The molecule has 4 rings (SSSR count). The average molecular weight is 410 g/mol. The van der Waals surface area contributed by atoms with Gasteiger partial charge in [-0.2, -0.15) is 0 Å². The molecule has 1 aromatic carbocycles. The smallest absolute Gasteiger partial charge is 0.257 e. The maximum Gasteiger partial charge on any atom is 0.257 e. The number of ether oxygens (including phenoxy) is 3. The van der Waals surface area contributed by atoms with Gasteiger partial charge in [-0.05, 0) is 38.1 Å². The van der Waals surface area contributed by atoms with Crippen LogP contribution in [0.15, 0.2) is 24.3 Å². The summed E-state index contributed by atoms with van der Waals surface area (Å²) in [5, 5.41) is 2.88. The van der Waals surface area contributed by atoms with E-state index >= 15 is 0 Å². The topological polar surface area (TPSA) is 87.5 Å². The molecule has 2 unspecified atom stereocenters. The SMILES string of the molecule is COc1ccc(-c2cc(OC(C)C3CNC(=O)C3)c3c(c2)nc(C)n3C)nc1OC. The highest BCUT2D eigenvalue weighted by Crippen LogP contribution is 2.35. The van der Waals surface area contributed by atoms with Crippen LogP contribution >= 0.6 is 0 Å². The molecular weight excluding hydrogens is 384 g/mol. The molecule has 0 radical (unpaired) electrons. The second kappa shape index (κ2) is 7.85. The lowest BCUT2D eigenvalue weighted by Gasteiger charge is -2.21. The van der Waals surface area contributed by atoms with Crippen LogP contribution in [0.3, 0.4) is 0 Å². The number of hydrogen-bond acceptors (Lipinski definition) is 6. The molecule has 0 aliphatic carbocycles. The number of methoxy groups -OCH3 is 2. The van der Waals surface area contributed by atoms with E-state index in [1.165, 1.54) is 0 Å². The number of aryl methyl sites for hydroxylation is 2. The van der Waals surface area contributed by atoms with Crippen molar-refractivity contribution in [3.05, 3.63) is 30.1 Å². The number of nitrogens with one attached hydrogen (secondary N) is 1. The van der Waals surface area contributed by atoms with Crippen LogP contribution in [0, 0.1) is 12.8 Å². The first-order valence-corrected chi connectivity index (χ1v) is 9.91. The average Bonchev–Trinajstić information content (AvgIpc) is 3.30. The zero-order valence-corrected chi connectivity index (χ0v) is 17.9. The van der Waals surface area contributed by atoms with E-state index in [0.717, 1.165) is 28.1 Å². The Balaban J connectivity index is 1.78. The van der Waals surface area contributed by atoms with Crippen molar-refractivity contribution >= 4 is 16.9 Å². The third-order valence-corrected chi connectivity index (χ3v) is 5.68. The Hall–Kier alpha value is -3.29. The highest BCUT2D eigenvalue weighted by Gasteiger charge is 2.29. The van der Waals surface area contributed by atoms with Gasteiger partial charge >= 0.3 is 0 Å². The van der Waals surface area contributed by atoms with Gasteiger partial charge in [-0.1, -0.05) is 0 Å². The summed E-state index contributed by atoms with van der Waals surface area (Å²) in [4.78, 5) is 20.9. The largest absolute Gasteiger partial charge is 0.491 e. The Labute approximate surface area is 175 Å². The molecule has 3 aromatic rings. The first kappa shape index (κ1) is 20.0. The van der Waals surface area contributed by atoms with Crippen molar-refractivity contribution in [1.29, 1.82) is 0 Å². The molecule has 30 heavy (non-hydrogen) atoms. The van der Waals surface area contributed by atoms with Crippen LogP contribution in [-0.4, -0.2) is 47.3 Å². The fourth-order valence-electron chi connectivity index (χ4n) is 3.81. The predicted molar refractivity (Wildman–Crippen MR) is 113 cm³/mol. The summed E-state index contributed by atoms with van der Waals surface area (Å²) >= 11 is 0. The van der Waals surface area contributed by atoms with E-state index in [1.807, 2.05) is 49.7 Å². The molecule has 1 aliphatic rings. The highest BCUT2D eigenvalue weighted by atomic mass is 16.5. The van der Waals surface area contributed by atoms with Crippen LogP contribution in [0.1, 0.15) is 19.2 Å². The molecular formula is C22H26N4O4. The predicted octanol–water partition coefficient (Wildman–Crippen LogP) is 2.86. The molecule has 2 aromatic heterocycles. The van der Waals surface area contributed by atoms with Crippen molar-refractivity contribution in [3.63, 3.8) is 0 Å². The number of nitrogens with zero attached hydrogens (tertiary/aromatic N) is 3. The maximum absolute atomic E-state index is 11.6. The molecule has 8 heteroatoms. The van der Waals surface area contributed by atoms with Crippen LogP contribution in [0.4, 0.5) is 0 Å². The third-order valence-electron chi connectivity index (χ3n) is 5.68. The van der Waals surface area contributed by atoms with Crippen molar-refractivity contribution < 1.29 is 19.0 Å². The van der Waals surface area contributed by atoms with E-state index in [1.54, 1.807) is 14.2 Å². The molecule has 8 nitrogen and oxygen atoms in total. The van der Waals surface area contributed by atoms with Crippen LogP contribution in [0.2, 0.25) is 0 Å². The number of rotatable bonds is 6. The molecule has 1 amide bonds. The summed E-state index contributed by atoms with van der Waals surface area (Å²) in [5.41, 5.74) is 3.34. The minimum absolute atomic E-state index is 0.0697. The number of fused-ring (bicyclic) bond motifs is 1. The molecule has 1 N–H and O–H groups in total. The van der Waals surface area contributed by atoms with Gasteiger partial charge in [0, 0.05) is 31.5 Å². The number of carbonyl (C=O) groups is 1. The lowest BCUT2D eigenvalue weighted by atomic mass is 10.0. The molecule has 1 saturated heterocycles. The minimum atomic E-state index is -0.129. The summed E-state index contributed by atoms with van der Waals surface area (Å²) in [6.45, 7) is 4.59. The van der Waals surface area contributed by atoms with Gasteiger partial charge in [0.1, 0.15) is 23.2 Å². The number of carbonyl (C=O) groups excluding carboxylic acids is 1.